The average molecular weight is 543 g/mol. The van der Waals surface area contributed by atoms with Crippen molar-refractivity contribution in [2.75, 3.05) is 6.54 Å². The van der Waals surface area contributed by atoms with Crippen LogP contribution in [0.4, 0.5) is 0 Å². The van der Waals surface area contributed by atoms with Crippen molar-refractivity contribution < 1.29 is 19.4 Å². The van der Waals surface area contributed by atoms with Gasteiger partial charge in [0, 0.05) is 41.0 Å². The van der Waals surface area contributed by atoms with Gasteiger partial charge in [0.15, 0.2) is 0 Å². The normalized spacial score (nSPS) is 16.6. The number of halogens is 2. The number of fused-ring (bicyclic) bond motifs is 1. The van der Waals surface area contributed by atoms with Gasteiger partial charge in [-0.1, -0.05) is 57.9 Å². The van der Waals surface area contributed by atoms with Gasteiger partial charge in [0.1, 0.15) is 11.4 Å². The first-order valence-corrected chi connectivity index (χ1v) is 12.2. The molecule has 0 spiro atoms. The molecule has 1 heterocycles. The highest BCUT2D eigenvalue weighted by Crippen LogP contribution is 2.38. The lowest BCUT2D eigenvalue weighted by molar-refractivity contribution is -0.137. The van der Waals surface area contributed by atoms with E-state index in [9.17, 15) is 14.7 Å². The summed E-state index contributed by atoms with van der Waals surface area (Å²) < 4.78 is 7.31. The molecule has 1 atom stereocenters. The van der Waals surface area contributed by atoms with E-state index in [0.717, 1.165) is 27.8 Å². The third-order valence-electron chi connectivity index (χ3n) is 5.92. The van der Waals surface area contributed by atoms with E-state index in [1.807, 2.05) is 42.5 Å². The van der Waals surface area contributed by atoms with Crippen LogP contribution < -0.4 is 4.74 Å². The lowest BCUT2D eigenvalue weighted by Gasteiger charge is -2.24. The fourth-order valence-electron chi connectivity index (χ4n) is 4.29. The second-order valence-corrected chi connectivity index (χ2v) is 10.1. The van der Waals surface area contributed by atoms with Crippen LogP contribution in [0.15, 0.2) is 71.2 Å². The molecule has 0 radical (unpaired) electrons. The van der Waals surface area contributed by atoms with Gasteiger partial charge in [0.25, 0.3) is 5.91 Å². The SMILES string of the molecule is C[C@]1(Cc2ccc(Br)cc2)Cc2cc(C(=O)N(CCC(=O)O)Cc3ccccc3Cl)ccc2O1. The molecule has 0 aromatic heterocycles. The molecule has 0 unspecified atom stereocenters. The van der Waals surface area contributed by atoms with Crippen molar-refractivity contribution in [1.29, 1.82) is 0 Å². The molecular formula is C27H25BrClNO4. The van der Waals surface area contributed by atoms with Crippen LogP contribution in [0.2, 0.25) is 5.02 Å². The largest absolute Gasteiger partial charge is 0.487 e. The Hall–Kier alpha value is -2.83. The van der Waals surface area contributed by atoms with Crippen molar-refractivity contribution in [2.45, 2.75) is 38.3 Å². The quantitative estimate of drug-likeness (QED) is 0.370. The molecule has 176 valence electrons. The van der Waals surface area contributed by atoms with Crippen LogP contribution in [0.1, 0.15) is 40.4 Å². The van der Waals surface area contributed by atoms with Gasteiger partial charge in [-0.05, 0) is 60.0 Å². The highest BCUT2D eigenvalue weighted by atomic mass is 79.9. The number of aliphatic carboxylic acids is 1. The molecule has 5 nitrogen and oxygen atoms in total. The van der Waals surface area contributed by atoms with Gasteiger partial charge in [-0.15, -0.1) is 0 Å². The second kappa shape index (κ2) is 10.2. The minimum atomic E-state index is -0.956. The molecule has 0 saturated carbocycles. The zero-order valence-corrected chi connectivity index (χ0v) is 21.1. The van der Waals surface area contributed by atoms with Crippen molar-refractivity contribution >= 4 is 39.4 Å². The summed E-state index contributed by atoms with van der Waals surface area (Å²) in [5.74, 6) is -0.409. The number of carboxylic acid groups (broad SMARTS) is 1. The van der Waals surface area contributed by atoms with Gasteiger partial charge >= 0.3 is 5.97 Å². The van der Waals surface area contributed by atoms with Crippen molar-refractivity contribution in [3.05, 3.63) is 98.5 Å². The summed E-state index contributed by atoms with van der Waals surface area (Å²) in [6.07, 6.45) is 1.28. The minimum absolute atomic E-state index is 0.0915. The van der Waals surface area contributed by atoms with Crippen molar-refractivity contribution in [1.82, 2.24) is 4.90 Å². The number of nitrogens with zero attached hydrogens (tertiary/aromatic N) is 1. The first-order valence-electron chi connectivity index (χ1n) is 11.0. The van der Waals surface area contributed by atoms with Crippen LogP contribution in [0.25, 0.3) is 0 Å². The van der Waals surface area contributed by atoms with E-state index in [4.69, 9.17) is 16.3 Å². The maximum Gasteiger partial charge on any atom is 0.305 e. The summed E-state index contributed by atoms with van der Waals surface area (Å²) in [6, 6.07) is 20.9. The number of carboxylic acids is 1. The van der Waals surface area contributed by atoms with Crippen molar-refractivity contribution in [2.24, 2.45) is 0 Å². The maximum atomic E-state index is 13.4. The second-order valence-electron chi connectivity index (χ2n) is 8.82. The van der Waals surface area contributed by atoms with Crippen molar-refractivity contribution in [3.63, 3.8) is 0 Å². The summed E-state index contributed by atoms with van der Waals surface area (Å²) in [5.41, 5.74) is 3.02. The van der Waals surface area contributed by atoms with E-state index in [1.165, 1.54) is 10.5 Å². The van der Waals surface area contributed by atoms with Gasteiger partial charge in [-0.3, -0.25) is 9.59 Å². The Kier molecular flexibility index (Phi) is 7.29. The van der Waals surface area contributed by atoms with Crippen LogP contribution >= 0.6 is 27.5 Å². The summed E-state index contributed by atoms with van der Waals surface area (Å²) in [4.78, 5) is 26.1. The summed E-state index contributed by atoms with van der Waals surface area (Å²) in [7, 11) is 0. The molecule has 1 aliphatic rings. The lowest BCUT2D eigenvalue weighted by Crippen LogP contribution is -2.33. The number of amides is 1. The summed E-state index contributed by atoms with van der Waals surface area (Å²) in [5, 5.41) is 9.72. The van der Waals surface area contributed by atoms with E-state index in [1.54, 1.807) is 12.1 Å². The molecule has 3 aromatic carbocycles. The predicted octanol–water partition coefficient (Wildman–Crippen LogP) is 6.16. The van der Waals surface area contributed by atoms with Gasteiger partial charge in [0.2, 0.25) is 0 Å². The highest BCUT2D eigenvalue weighted by Gasteiger charge is 2.35. The van der Waals surface area contributed by atoms with Crippen LogP contribution in [0.5, 0.6) is 5.75 Å². The Morgan fingerprint density at radius 1 is 1.12 bits per heavy atom. The Morgan fingerprint density at radius 2 is 1.85 bits per heavy atom. The fraction of sp³-hybridized carbons (Fsp3) is 0.259. The molecule has 0 fully saturated rings. The monoisotopic (exact) mass is 541 g/mol. The number of hydrogen-bond donors (Lipinski definition) is 1. The molecule has 1 N–H and O–H groups in total. The minimum Gasteiger partial charge on any atom is -0.487 e. The van der Waals surface area contributed by atoms with Crippen molar-refractivity contribution in [3.8, 4) is 5.75 Å². The smallest absolute Gasteiger partial charge is 0.305 e. The number of hydrogen-bond acceptors (Lipinski definition) is 3. The first-order chi connectivity index (χ1) is 16.2. The standard InChI is InChI=1S/C27H25BrClNO4/c1-27(15-18-6-9-22(28)10-7-18)16-21-14-19(8-11-24(21)34-27)26(33)30(13-12-25(31)32)17-20-4-2-3-5-23(20)29/h2-11,14H,12-13,15-17H2,1H3,(H,31,32)/t27-/m0/s1. The van der Waals surface area contributed by atoms with E-state index in [2.05, 4.69) is 35.0 Å². The van der Waals surface area contributed by atoms with Crippen LogP contribution in [0, 0.1) is 0 Å². The Bertz CT molecular complexity index is 1210. The Morgan fingerprint density at radius 3 is 2.56 bits per heavy atom. The number of ether oxygens (including phenoxy) is 1. The molecule has 34 heavy (non-hydrogen) atoms. The average Bonchev–Trinajstić information content (AvgIpc) is 3.13. The van der Waals surface area contributed by atoms with Gasteiger partial charge in [-0.2, -0.15) is 0 Å². The molecule has 0 aliphatic carbocycles. The number of carbonyl (C=O) groups is 2. The predicted molar refractivity (Wildman–Crippen MR) is 135 cm³/mol. The van der Waals surface area contributed by atoms with Crippen LogP contribution in [-0.2, 0) is 24.2 Å². The first kappa shape index (κ1) is 24.3. The van der Waals surface area contributed by atoms with Gasteiger partial charge in [0.05, 0.1) is 6.42 Å². The van der Waals surface area contributed by atoms with E-state index < -0.39 is 11.6 Å². The Labute approximate surface area is 212 Å². The topological polar surface area (TPSA) is 66.8 Å². The highest BCUT2D eigenvalue weighted by molar-refractivity contribution is 9.10. The molecule has 1 amide bonds. The van der Waals surface area contributed by atoms with Crippen LogP contribution in [-0.4, -0.2) is 34.0 Å². The molecule has 4 rings (SSSR count). The zero-order valence-electron chi connectivity index (χ0n) is 18.8. The van der Waals surface area contributed by atoms with E-state index >= 15 is 0 Å². The third-order valence-corrected chi connectivity index (χ3v) is 6.82. The van der Waals surface area contributed by atoms with Crippen LogP contribution in [0.3, 0.4) is 0 Å². The summed E-state index contributed by atoms with van der Waals surface area (Å²) in [6.45, 7) is 2.40. The third kappa shape index (κ3) is 5.80. The number of carbonyl (C=O) groups excluding carboxylic acids is 1. The molecule has 3 aromatic rings. The molecule has 0 saturated heterocycles. The maximum absolute atomic E-state index is 13.4. The number of benzene rings is 3. The zero-order chi connectivity index (χ0) is 24.3. The van der Waals surface area contributed by atoms with Gasteiger partial charge in [-0.25, -0.2) is 0 Å². The van der Waals surface area contributed by atoms with Gasteiger partial charge < -0.3 is 14.7 Å². The van der Waals surface area contributed by atoms with E-state index in [0.29, 0.717) is 17.0 Å². The molecule has 1 aliphatic heterocycles. The fourth-order valence-corrected chi connectivity index (χ4v) is 4.74. The molecule has 7 heteroatoms. The lowest BCUT2D eigenvalue weighted by atomic mass is 9.91. The molecular weight excluding hydrogens is 518 g/mol. The number of rotatable bonds is 8. The summed E-state index contributed by atoms with van der Waals surface area (Å²) >= 11 is 9.76. The van der Waals surface area contributed by atoms with E-state index in [-0.39, 0.29) is 25.4 Å². The Balaban J connectivity index is 1.53. The molecule has 0 bridgehead atoms.